The van der Waals surface area contributed by atoms with Crippen LogP contribution >= 0.6 is 0 Å². The van der Waals surface area contributed by atoms with Crippen LogP contribution in [0, 0.1) is 50.7 Å². The number of fused-ring (bicyclic) bond motifs is 6. The predicted octanol–water partition coefficient (Wildman–Crippen LogP) is 3.99. The second-order valence-corrected chi connectivity index (χ2v) is 16.0. The first-order valence-electron chi connectivity index (χ1n) is 14.8. The Morgan fingerprint density at radius 3 is 2.17 bits per heavy atom. The number of aliphatic hydroxyl groups excluding tert-OH is 3. The highest BCUT2D eigenvalue weighted by molar-refractivity contribution is 5.33. The van der Waals surface area contributed by atoms with Gasteiger partial charge in [-0.15, -0.1) is 0 Å². The summed E-state index contributed by atoms with van der Waals surface area (Å²) in [6.45, 7) is 13.9. The minimum Gasteiger partial charge on any atom is -0.392 e. The van der Waals surface area contributed by atoms with Gasteiger partial charge >= 0.3 is 0 Å². The zero-order valence-corrected chi connectivity index (χ0v) is 22.9. The van der Waals surface area contributed by atoms with Crippen molar-refractivity contribution in [1.82, 2.24) is 0 Å². The van der Waals surface area contributed by atoms with Crippen LogP contribution in [0.5, 0.6) is 0 Å². The molecule has 15 atom stereocenters. The van der Waals surface area contributed by atoms with Gasteiger partial charge in [-0.25, -0.2) is 0 Å². The standard InChI is InChI=1S/C30H46O6/c1-15-12-30(22-27(6,35-22)23(33)36-30)34-16-13-26(5)18-8-7-17-24(2,3)19(31)11-20(32)29(17)14-28(18,29)10-9-25(26,4)21(15)16/h15-23,31-33H,7-14H2,1-6H3/t15-,16+,17+,18+,19+,20+,21+,22?,23?,25-,26+,27?,28+,29-,30?/m1/s1. The van der Waals surface area contributed by atoms with Gasteiger partial charge in [0.2, 0.25) is 5.79 Å². The Labute approximate surface area is 215 Å². The fourth-order valence-corrected chi connectivity index (χ4v) is 12.9. The molecule has 6 heteroatoms. The Morgan fingerprint density at radius 2 is 1.50 bits per heavy atom. The monoisotopic (exact) mass is 502 g/mol. The summed E-state index contributed by atoms with van der Waals surface area (Å²) >= 11 is 0. The summed E-state index contributed by atoms with van der Waals surface area (Å²) in [6, 6.07) is 0. The molecule has 0 aromatic carbocycles. The molecule has 0 aromatic rings. The molecule has 5 saturated carbocycles. The van der Waals surface area contributed by atoms with E-state index >= 15 is 0 Å². The molecule has 4 unspecified atom stereocenters. The fourth-order valence-electron chi connectivity index (χ4n) is 12.9. The van der Waals surface area contributed by atoms with E-state index in [1.807, 2.05) is 6.92 Å². The molecule has 3 heterocycles. The molecule has 0 bridgehead atoms. The third-order valence-corrected chi connectivity index (χ3v) is 14.8. The first-order valence-corrected chi connectivity index (χ1v) is 14.8. The average molecular weight is 503 g/mol. The Hall–Kier alpha value is -0.240. The summed E-state index contributed by atoms with van der Waals surface area (Å²) in [5.74, 6) is 1.06. The molecule has 3 N–H and O–H groups in total. The molecule has 8 aliphatic rings. The van der Waals surface area contributed by atoms with Crippen molar-refractivity contribution >= 4 is 0 Å². The fraction of sp³-hybridized carbons (Fsp3) is 1.00. The summed E-state index contributed by atoms with van der Waals surface area (Å²) in [5.41, 5.74) is -0.255. The minimum atomic E-state index is -0.919. The van der Waals surface area contributed by atoms with E-state index in [9.17, 15) is 15.3 Å². The van der Waals surface area contributed by atoms with Crippen molar-refractivity contribution in [3.63, 3.8) is 0 Å². The lowest BCUT2D eigenvalue weighted by Gasteiger charge is -2.64. The summed E-state index contributed by atoms with van der Waals surface area (Å²) in [7, 11) is 0. The Bertz CT molecular complexity index is 1030. The van der Waals surface area contributed by atoms with Crippen LogP contribution in [-0.2, 0) is 14.2 Å². The maximum absolute atomic E-state index is 11.6. The lowest BCUT2D eigenvalue weighted by atomic mass is 9.41. The van der Waals surface area contributed by atoms with E-state index in [1.54, 1.807) is 0 Å². The van der Waals surface area contributed by atoms with Gasteiger partial charge in [0.05, 0.1) is 18.3 Å². The van der Waals surface area contributed by atoms with Gasteiger partial charge in [0.15, 0.2) is 6.29 Å². The van der Waals surface area contributed by atoms with Crippen LogP contribution in [0.25, 0.3) is 0 Å². The SMILES string of the molecule is C[C@@H]1CC2(OC(O)C3(C)OC23)O[C@H]2C[C@@]3(C)[C@@H]4CC[C@H]5C(C)(C)[C@@H](O)C[C@H](O)[C@@]56C[C@@]46CC[C@]3(C)[C@@H]12. The van der Waals surface area contributed by atoms with Crippen LogP contribution in [0.15, 0.2) is 0 Å². The van der Waals surface area contributed by atoms with Crippen molar-refractivity contribution in [3.05, 3.63) is 0 Å². The van der Waals surface area contributed by atoms with Crippen LogP contribution in [0.1, 0.15) is 92.9 Å². The molecule has 0 amide bonds. The number of epoxide rings is 1. The van der Waals surface area contributed by atoms with Gasteiger partial charge in [-0.05, 0) is 90.8 Å². The number of hydrogen-bond donors (Lipinski definition) is 3. The number of ether oxygens (including phenoxy) is 3. The Balaban J connectivity index is 1.16. The topological polar surface area (TPSA) is 91.7 Å². The lowest BCUT2D eigenvalue weighted by molar-refractivity contribution is -0.344. The number of rotatable bonds is 0. The van der Waals surface area contributed by atoms with Crippen molar-refractivity contribution in [2.24, 2.45) is 50.7 Å². The highest BCUT2D eigenvalue weighted by Gasteiger charge is 2.86. The normalized spacial score (nSPS) is 69.8. The zero-order valence-electron chi connectivity index (χ0n) is 22.9. The first kappa shape index (κ1) is 23.6. The summed E-state index contributed by atoms with van der Waals surface area (Å²) < 4.78 is 19.1. The van der Waals surface area contributed by atoms with Gasteiger partial charge in [0.1, 0.15) is 11.7 Å². The average Bonchev–Trinajstić information content (AvgIpc) is 3.63. The van der Waals surface area contributed by atoms with Crippen molar-refractivity contribution in [2.75, 3.05) is 0 Å². The molecule has 0 aromatic heterocycles. The van der Waals surface area contributed by atoms with Crippen molar-refractivity contribution in [2.45, 2.75) is 135 Å². The Kier molecular flexibility index (Phi) is 4.09. The second-order valence-electron chi connectivity index (χ2n) is 16.0. The van der Waals surface area contributed by atoms with E-state index in [0.29, 0.717) is 30.1 Å². The smallest absolute Gasteiger partial charge is 0.201 e. The molecule has 8 rings (SSSR count). The molecular weight excluding hydrogens is 456 g/mol. The lowest BCUT2D eigenvalue weighted by Crippen LogP contribution is -2.61. The molecule has 202 valence electrons. The third-order valence-electron chi connectivity index (χ3n) is 14.8. The van der Waals surface area contributed by atoms with E-state index in [4.69, 9.17) is 14.2 Å². The van der Waals surface area contributed by atoms with E-state index in [-0.39, 0.29) is 45.4 Å². The van der Waals surface area contributed by atoms with E-state index in [1.165, 1.54) is 19.3 Å². The van der Waals surface area contributed by atoms with Gasteiger partial charge in [-0.3, -0.25) is 0 Å². The molecular formula is C30H46O6. The molecule has 5 aliphatic carbocycles. The van der Waals surface area contributed by atoms with Gasteiger partial charge < -0.3 is 29.5 Å². The number of hydrogen-bond acceptors (Lipinski definition) is 6. The van der Waals surface area contributed by atoms with E-state index in [2.05, 4.69) is 34.6 Å². The second kappa shape index (κ2) is 6.23. The molecule has 36 heavy (non-hydrogen) atoms. The van der Waals surface area contributed by atoms with Crippen LogP contribution in [0.3, 0.4) is 0 Å². The summed E-state index contributed by atoms with van der Waals surface area (Å²) in [6.07, 6.45) is 6.37. The quantitative estimate of drug-likeness (QED) is 0.434. The first-order chi connectivity index (χ1) is 16.7. The molecule has 8 fully saturated rings. The van der Waals surface area contributed by atoms with Gasteiger partial charge in [0.25, 0.3) is 0 Å². The van der Waals surface area contributed by atoms with Gasteiger partial charge in [-0.1, -0.05) is 34.6 Å². The molecule has 6 nitrogen and oxygen atoms in total. The maximum Gasteiger partial charge on any atom is 0.201 e. The predicted molar refractivity (Wildman–Crippen MR) is 131 cm³/mol. The third kappa shape index (κ3) is 2.19. The molecule has 3 aliphatic heterocycles. The summed E-state index contributed by atoms with van der Waals surface area (Å²) in [4.78, 5) is 0. The molecule has 0 radical (unpaired) electrons. The van der Waals surface area contributed by atoms with Gasteiger partial charge in [-0.2, -0.15) is 0 Å². The van der Waals surface area contributed by atoms with Crippen LogP contribution in [0.2, 0.25) is 0 Å². The van der Waals surface area contributed by atoms with E-state index < -0.39 is 23.8 Å². The van der Waals surface area contributed by atoms with E-state index in [0.717, 1.165) is 25.7 Å². The maximum atomic E-state index is 11.6. The highest BCUT2D eigenvalue weighted by atomic mass is 16.8. The van der Waals surface area contributed by atoms with Crippen molar-refractivity contribution in [1.29, 1.82) is 0 Å². The molecule has 3 saturated heterocycles. The Morgan fingerprint density at radius 1 is 0.778 bits per heavy atom. The summed E-state index contributed by atoms with van der Waals surface area (Å²) in [5, 5.41) is 33.1. The van der Waals surface area contributed by atoms with Crippen LogP contribution in [0.4, 0.5) is 0 Å². The van der Waals surface area contributed by atoms with Crippen molar-refractivity contribution < 1.29 is 29.5 Å². The zero-order chi connectivity index (χ0) is 25.5. The van der Waals surface area contributed by atoms with Gasteiger partial charge in [0, 0.05) is 18.3 Å². The van der Waals surface area contributed by atoms with Crippen LogP contribution in [-0.4, -0.2) is 57.4 Å². The van der Waals surface area contributed by atoms with Crippen LogP contribution < -0.4 is 0 Å². The largest absolute Gasteiger partial charge is 0.392 e. The molecule has 3 spiro atoms. The highest BCUT2D eigenvalue weighted by Crippen LogP contribution is 2.89. The number of aliphatic hydroxyl groups is 3. The minimum absolute atomic E-state index is 0.0210. The van der Waals surface area contributed by atoms with Crippen molar-refractivity contribution in [3.8, 4) is 0 Å².